The number of aryl methyl sites for hydroxylation is 1. The Morgan fingerprint density at radius 2 is 2.05 bits per heavy atom. The summed E-state index contributed by atoms with van der Waals surface area (Å²) < 4.78 is 6.05. The Balaban J connectivity index is 1.81. The molecule has 1 aromatic rings. The van der Waals surface area contributed by atoms with E-state index >= 15 is 0 Å². The summed E-state index contributed by atoms with van der Waals surface area (Å²) in [6, 6.07) is 2.22. The smallest absolute Gasteiger partial charge is 0.120 e. The first-order valence-corrected chi connectivity index (χ1v) is 8.59. The van der Waals surface area contributed by atoms with E-state index in [4.69, 9.17) is 4.42 Å². The molecular weight excluding hydrogens is 260 g/mol. The molecule has 1 fully saturated rings. The second-order valence-corrected chi connectivity index (χ2v) is 6.97. The van der Waals surface area contributed by atoms with Crippen molar-refractivity contribution in [2.45, 2.75) is 60.0 Å². The minimum atomic E-state index is 0.680. The van der Waals surface area contributed by atoms with Crippen LogP contribution in [0.15, 0.2) is 10.5 Å². The average Bonchev–Trinajstić information content (AvgIpc) is 2.79. The van der Waals surface area contributed by atoms with E-state index in [1.807, 2.05) is 0 Å². The lowest BCUT2D eigenvalue weighted by Crippen LogP contribution is -2.32. The molecule has 0 aliphatic carbocycles. The van der Waals surface area contributed by atoms with Gasteiger partial charge in [0, 0.05) is 0 Å². The lowest BCUT2D eigenvalue weighted by Gasteiger charge is -2.30. The Kier molecular flexibility index (Phi) is 6.31. The number of furan rings is 1. The van der Waals surface area contributed by atoms with Gasteiger partial charge in [-0.1, -0.05) is 27.2 Å². The predicted octanol–water partition coefficient (Wildman–Crippen LogP) is 3.96. The topological polar surface area (TPSA) is 28.4 Å². The first-order chi connectivity index (χ1) is 10.1. The summed E-state index contributed by atoms with van der Waals surface area (Å²) in [5, 5.41) is 3.46. The molecule has 1 N–H and O–H groups in total. The molecular formula is C18H32N2O. The van der Waals surface area contributed by atoms with Gasteiger partial charge in [0.15, 0.2) is 0 Å². The molecule has 0 saturated carbocycles. The maximum atomic E-state index is 6.05. The molecule has 0 atom stereocenters. The molecule has 3 heteroatoms. The summed E-state index contributed by atoms with van der Waals surface area (Å²) in [5.41, 5.74) is 1.28. The molecule has 0 bridgehead atoms. The van der Waals surface area contributed by atoms with E-state index in [1.165, 1.54) is 37.9 Å². The van der Waals surface area contributed by atoms with Crippen molar-refractivity contribution in [1.82, 2.24) is 10.2 Å². The van der Waals surface area contributed by atoms with Crippen LogP contribution in [-0.2, 0) is 13.1 Å². The van der Waals surface area contributed by atoms with E-state index in [0.29, 0.717) is 5.92 Å². The van der Waals surface area contributed by atoms with E-state index in [1.54, 1.807) is 0 Å². The molecule has 21 heavy (non-hydrogen) atoms. The zero-order chi connectivity index (χ0) is 15.2. The van der Waals surface area contributed by atoms with Gasteiger partial charge < -0.3 is 9.73 Å². The Morgan fingerprint density at radius 3 is 2.67 bits per heavy atom. The van der Waals surface area contributed by atoms with Gasteiger partial charge in [0.1, 0.15) is 11.5 Å². The van der Waals surface area contributed by atoms with Gasteiger partial charge in [0.05, 0.1) is 13.1 Å². The maximum Gasteiger partial charge on any atom is 0.120 e. The van der Waals surface area contributed by atoms with Crippen molar-refractivity contribution in [3.63, 3.8) is 0 Å². The van der Waals surface area contributed by atoms with Crippen molar-refractivity contribution in [2.75, 3.05) is 19.6 Å². The van der Waals surface area contributed by atoms with Crippen molar-refractivity contribution >= 4 is 0 Å². The van der Waals surface area contributed by atoms with E-state index in [9.17, 15) is 0 Å². The molecule has 120 valence electrons. The number of likely N-dealkylation sites (tertiary alicyclic amines) is 1. The Bertz CT molecular complexity index is 417. The molecule has 3 nitrogen and oxygen atoms in total. The molecule has 0 spiro atoms. The lowest BCUT2D eigenvalue weighted by molar-refractivity contribution is 0.163. The maximum absolute atomic E-state index is 6.05. The molecule has 1 aliphatic rings. The Labute approximate surface area is 130 Å². The molecule has 0 radical (unpaired) electrons. The first-order valence-electron chi connectivity index (χ1n) is 8.59. The van der Waals surface area contributed by atoms with Crippen LogP contribution >= 0.6 is 0 Å². The lowest BCUT2D eigenvalue weighted by atomic mass is 9.94. The zero-order valence-corrected chi connectivity index (χ0v) is 14.2. The molecule has 0 aromatic carbocycles. The number of nitrogens with one attached hydrogen (secondary N) is 1. The minimum Gasteiger partial charge on any atom is -0.463 e. The average molecular weight is 292 g/mol. The van der Waals surface area contributed by atoms with Crippen molar-refractivity contribution in [3.05, 3.63) is 23.2 Å². The summed E-state index contributed by atoms with van der Waals surface area (Å²) in [6.07, 6.45) is 4.03. The summed E-state index contributed by atoms with van der Waals surface area (Å²) in [6.45, 7) is 14.2. The van der Waals surface area contributed by atoms with Gasteiger partial charge in [-0.05, 0) is 62.9 Å². The minimum absolute atomic E-state index is 0.680. The van der Waals surface area contributed by atoms with Gasteiger partial charge in [-0.15, -0.1) is 0 Å². The van der Waals surface area contributed by atoms with Crippen LogP contribution in [0.3, 0.4) is 0 Å². The molecule has 2 heterocycles. The monoisotopic (exact) mass is 292 g/mol. The fourth-order valence-electron chi connectivity index (χ4n) is 3.09. The van der Waals surface area contributed by atoms with Crippen LogP contribution in [0.25, 0.3) is 0 Å². The quantitative estimate of drug-likeness (QED) is 0.824. The molecule has 2 rings (SSSR count). The standard InChI is InChI=1S/C18H32N2O/c1-5-16-6-8-20(9-7-16)13-17-10-15(4)18(21-17)12-19-11-14(2)3/h10,14,16,19H,5-9,11-13H2,1-4H3. The highest BCUT2D eigenvalue weighted by atomic mass is 16.3. The summed E-state index contributed by atoms with van der Waals surface area (Å²) >= 11 is 0. The third-order valence-electron chi connectivity index (χ3n) is 4.57. The number of rotatable bonds is 7. The molecule has 1 saturated heterocycles. The fraction of sp³-hybridized carbons (Fsp3) is 0.778. The van der Waals surface area contributed by atoms with Gasteiger partial charge in [0.25, 0.3) is 0 Å². The SMILES string of the molecule is CCC1CCN(Cc2cc(C)c(CNCC(C)C)o2)CC1. The largest absolute Gasteiger partial charge is 0.463 e. The fourth-order valence-corrected chi connectivity index (χ4v) is 3.09. The van der Waals surface area contributed by atoms with Gasteiger partial charge in [-0.25, -0.2) is 0 Å². The number of piperidine rings is 1. The Hall–Kier alpha value is -0.800. The zero-order valence-electron chi connectivity index (χ0n) is 14.2. The predicted molar refractivity (Wildman–Crippen MR) is 88.3 cm³/mol. The van der Waals surface area contributed by atoms with Crippen molar-refractivity contribution in [1.29, 1.82) is 0 Å². The number of nitrogens with zero attached hydrogens (tertiary/aromatic N) is 1. The molecule has 1 aliphatic heterocycles. The second kappa shape index (κ2) is 8.00. The van der Waals surface area contributed by atoms with Crippen LogP contribution in [0, 0.1) is 18.8 Å². The summed E-state index contributed by atoms with van der Waals surface area (Å²) in [5.74, 6) is 3.85. The highest BCUT2D eigenvalue weighted by Crippen LogP contribution is 2.23. The van der Waals surface area contributed by atoms with Gasteiger partial charge in [-0.3, -0.25) is 4.90 Å². The van der Waals surface area contributed by atoms with Crippen LogP contribution in [0.1, 0.15) is 57.1 Å². The van der Waals surface area contributed by atoms with Crippen molar-refractivity contribution in [3.8, 4) is 0 Å². The molecule has 1 aromatic heterocycles. The van der Waals surface area contributed by atoms with Crippen LogP contribution in [0.5, 0.6) is 0 Å². The second-order valence-electron chi connectivity index (χ2n) is 6.97. The number of hydrogen-bond acceptors (Lipinski definition) is 3. The third kappa shape index (κ3) is 5.15. The van der Waals surface area contributed by atoms with E-state index in [-0.39, 0.29) is 0 Å². The van der Waals surface area contributed by atoms with E-state index < -0.39 is 0 Å². The third-order valence-corrected chi connectivity index (χ3v) is 4.57. The normalized spacial score (nSPS) is 17.8. The van der Waals surface area contributed by atoms with Crippen LogP contribution in [0.2, 0.25) is 0 Å². The van der Waals surface area contributed by atoms with Gasteiger partial charge >= 0.3 is 0 Å². The van der Waals surface area contributed by atoms with Crippen LogP contribution in [0.4, 0.5) is 0 Å². The van der Waals surface area contributed by atoms with Crippen LogP contribution in [-0.4, -0.2) is 24.5 Å². The Morgan fingerprint density at radius 1 is 1.33 bits per heavy atom. The van der Waals surface area contributed by atoms with Gasteiger partial charge in [-0.2, -0.15) is 0 Å². The highest BCUT2D eigenvalue weighted by molar-refractivity contribution is 5.20. The van der Waals surface area contributed by atoms with E-state index in [0.717, 1.165) is 37.1 Å². The van der Waals surface area contributed by atoms with Crippen molar-refractivity contribution in [2.24, 2.45) is 11.8 Å². The summed E-state index contributed by atoms with van der Waals surface area (Å²) in [4.78, 5) is 2.54. The van der Waals surface area contributed by atoms with Crippen LogP contribution < -0.4 is 5.32 Å². The molecule has 0 unspecified atom stereocenters. The van der Waals surface area contributed by atoms with Gasteiger partial charge in [0.2, 0.25) is 0 Å². The van der Waals surface area contributed by atoms with E-state index in [2.05, 4.69) is 44.0 Å². The number of hydrogen-bond donors (Lipinski definition) is 1. The molecule has 0 amide bonds. The highest BCUT2D eigenvalue weighted by Gasteiger charge is 2.19. The first kappa shape index (κ1) is 16.6. The van der Waals surface area contributed by atoms with Crippen molar-refractivity contribution < 1.29 is 4.42 Å². The summed E-state index contributed by atoms with van der Waals surface area (Å²) in [7, 11) is 0.